The molecule has 2 atom stereocenters. The summed E-state index contributed by atoms with van der Waals surface area (Å²) in [6, 6.07) is 4.22. The molecule has 174 valence electrons. The lowest BCUT2D eigenvalue weighted by atomic mass is 10.0. The highest BCUT2D eigenvalue weighted by Gasteiger charge is 2.28. The Morgan fingerprint density at radius 2 is 1.87 bits per heavy atom. The molecular formula is C23H40N6O2. The predicted molar refractivity (Wildman–Crippen MR) is 126 cm³/mol. The van der Waals surface area contributed by atoms with Gasteiger partial charge in [-0.2, -0.15) is 0 Å². The van der Waals surface area contributed by atoms with Gasteiger partial charge in [0.2, 0.25) is 0 Å². The van der Waals surface area contributed by atoms with Crippen LogP contribution in [0.3, 0.4) is 0 Å². The van der Waals surface area contributed by atoms with E-state index in [-0.39, 0.29) is 17.7 Å². The van der Waals surface area contributed by atoms with Crippen molar-refractivity contribution in [2.24, 2.45) is 4.99 Å². The third-order valence-electron chi connectivity index (χ3n) is 5.87. The third kappa shape index (κ3) is 7.05. The smallest absolute Gasteiger partial charge is 0.191 e. The lowest BCUT2D eigenvalue weighted by Crippen LogP contribution is -2.56. The monoisotopic (exact) mass is 432 g/mol. The summed E-state index contributed by atoms with van der Waals surface area (Å²) in [6.45, 7) is 18.4. The van der Waals surface area contributed by atoms with Gasteiger partial charge in [-0.1, -0.05) is 6.07 Å². The molecule has 2 saturated heterocycles. The number of anilines is 1. The number of hydrogen-bond acceptors (Lipinski definition) is 6. The van der Waals surface area contributed by atoms with Gasteiger partial charge >= 0.3 is 0 Å². The van der Waals surface area contributed by atoms with Crippen LogP contribution in [0.2, 0.25) is 0 Å². The van der Waals surface area contributed by atoms with Crippen LogP contribution in [0.25, 0.3) is 0 Å². The van der Waals surface area contributed by atoms with Crippen molar-refractivity contribution in [1.29, 1.82) is 0 Å². The summed E-state index contributed by atoms with van der Waals surface area (Å²) in [7, 11) is 0. The molecule has 0 amide bonds. The molecule has 1 aromatic heterocycles. The Bertz CT molecular complexity index is 693. The maximum atomic E-state index is 5.82. The molecule has 0 radical (unpaired) electrons. The average Bonchev–Trinajstić information content (AvgIpc) is 2.76. The van der Waals surface area contributed by atoms with Crippen LogP contribution in [-0.2, 0) is 16.0 Å². The van der Waals surface area contributed by atoms with E-state index in [9.17, 15) is 0 Å². The molecule has 0 aromatic carbocycles. The maximum absolute atomic E-state index is 5.82. The highest BCUT2D eigenvalue weighted by atomic mass is 16.5. The summed E-state index contributed by atoms with van der Waals surface area (Å²) in [4.78, 5) is 14.2. The first-order valence-electron chi connectivity index (χ1n) is 11.6. The Labute approximate surface area is 187 Å². The highest BCUT2D eigenvalue weighted by molar-refractivity contribution is 5.79. The molecular weight excluding hydrogens is 392 g/mol. The molecule has 2 aliphatic heterocycles. The number of nitrogens with zero attached hydrogens (tertiary/aromatic N) is 4. The standard InChI is InChI=1S/C23H40N6O2/c1-6-24-22(27-17-23(4,5)29-9-11-30-12-10-29)26-14-20-7-8-21(25-13-20)28-15-18(2)31-19(3)16-28/h7-8,13,18-19H,6,9-12,14-17H2,1-5H3,(H2,24,26,27). The lowest BCUT2D eigenvalue weighted by Gasteiger charge is -2.41. The molecule has 0 saturated carbocycles. The van der Waals surface area contributed by atoms with Gasteiger partial charge in [0.15, 0.2) is 5.96 Å². The zero-order chi connectivity index (χ0) is 22.3. The lowest BCUT2D eigenvalue weighted by molar-refractivity contribution is -0.00834. The van der Waals surface area contributed by atoms with Gasteiger partial charge in [0.1, 0.15) is 5.82 Å². The Morgan fingerprint density at radius 3 is 2.48 bits per heavy atom. The number of aromatic nitrogens is 1. The number of pyridine rings is 1. The zero-order valence-corrected chi connectivity index (χ0v) is 19.9. The summed E-state index contributed by atoms with van der Waals surface area (Å²) in [5.74, 6) is 1.84. The molecule has 0 spiro atoms. The number of aliphatic imine (C=N–C) groups is 1. The van der Waals surface area contributed by atoms with E-state index in [1.54, 1.807) is 0 Å². The SMILES string of the molecule is CCNC(=NCc1ccc(N2CC(C)OC(C)C2)nc1)NCC(C)(C)N1CCOCC1. The van der Waals surface area contributed by atoms with Crippen LogP contribution in [-0.4, -0.2) is 86.1 Å². The summed E-state index contributed by atoms with van der Waals surface area (Å²) < 4.78 is 11.3. The number of guanidine groups is 1. The van der Waals surface area contributed by atoms with Crippen molar-refractivity contribution < 1.29 is 9.47 Å². The number of nitrogens with one attached hydrogen (secondary N) is 2. The Kier molecular flexibility index (Phi) is 8.51. The number of hydrogen-bond donors (Lipinski definition) is 2. The Morgan fingerprint density at radius 1 is 1.16 bits per heavy atom. The average molecular weight is 433 g/mol. The summed E-state index contributed by atoms with van der Waals surface area (Å²) in [5.41, 5.74) is 1.14. The van der Waals surface area contributed by atoms with Gasteiger partial charge < -0.3 is 25.0 Å². The fraction of sp³-hybridized carbons (Fsp3) is 0.739. The van der Waals surface area contributed by atoms with E-state index in [2.05, 4.69) is 72.2 Å². The molecule has 2 N–H and O–H groups in total. The van der Waals surface area contributed by atoms with Crippen LogP contribution in [0, 0.1) is 0 Å². The minimum Gasteiger partial charge on any atom is -0.379 e. The summed E-state index contributed by atoms with van der Waals surface area (Å²) >= 11 is 0. The van der Waals surface area contributed by atoms with E-state index in [0.29, 0.717) is 6.54 Å². The Hall–Kier alpha value is -1.90. The summed E-state index contributed by atoms with van der Waals surface area (Å²) in [5, 5.41) is 6.87. The van der Waals surface area contributed by atoms with Crippen molar-refractivity contribution >= 4 is 11.8 Å². The minimum atomic E-state index is 0.0373. The van der Waals surface area contributed by atoms with Crippen LogP contribution in [0.15, 0.2) is 23.3 Å². The van der Waals surface area contributed by atoms with Gasteiger partial charge in [-0.3, -0.25) is 4.90 Å². The fourth-order valence-corrected chi connectivity index (χ4v) is 4.15. The van der Waals surface area contributed by atoms with E-state index in [1.807, 2.05) is 6.20 Å². The molecule has 2 fully saturated rings. The van der Waals surface area contributed by atoms with Crippen molar-refractivity contribution in [3.63, 3.8) is 0 Å². The molecule has 1 aromatic rings. The van der Waals surface area contributed by atoms with E-state index in [4.69, 9.17) is 14.5 Å². The second-order valence-corrected chi connectivity index (χ2v) is 9.15. The quantitative estimate of drug-likeness (QED) is 0.503. The van der Waals surface area contributed by atoms with Crippen LogP contribution >= 0.6 is 0 Å². The largest absolute Gasteiger partial charge is 0.379 e. The molecule has 8 nitrogen and oxygen atoms in total. The number of ether oxygens (including phenoxy) is 2. The molecule has 0 aliphatic carbocycles. The highest BCUT2D eigenvalue weighted by Crippen LogP contribution is 2.19. The first-order valence-corrected chi connectivity index (χ1v) is 11.6. The van der Waals surface area contributed by atoms with Crippen molar-refractivity contribution in [2.45, 2.75) is 58.9 Å². The molecule has 3 heterocycles. The van der Waals surface area contributed by atoms with E-state index < -0.39 is 0 Å². The first-order chi connectivity index (χ1) is 14.9. The van der Waals surface area contributed by atoms with Crippen molar-refractivity contribution in [2.75, 3.05) is 57.4 Å². The van der Waals surface area contributed by atoms with Crippen molar-refractivity contribution in [1.82, 2.24) is 20.5 Å². The second kappa shape index (κ2) is 11.1. The van der Waals surface area contributed by atoms with Crippen LogP contribution < -0.4 is 15.5 Å². The molecule has 8 heteroatoms. The Balaban J connectivity index is 1.55. The van der Waals surface area contributed by atoms with Gasteiger partial charge in [-0.25, -0.2) is 9.98 Å². The molecule has 3 rings (SSSR count). The van der Waals surface area contributed by atoms with Gasteiger partial charge in [-0.05, 0) is 46.2 Å². The van der Waals surface area contributed by atoms with E-state index in [1.165, 1.54) is 0 Å². The summed E-state index contributed by atoms with van der Waals surface area (Å²) in [6.07, 6.45) is 2.39. The number of rotatable bonds is 7. The van der Waals surface area contributed by atoms with Crippen LogP contribution in [0.5, 0.6) is 0 Å². The molecule has 2 aliphatic rings. The van der Waals surface area contributed by atoms with Gasteiger partial charge in [-0.15, -0.1) is 0 Å². The number of morpholine rings is 2. The van der Waals surface area contributed by atoms with Gasteiger partial charge in [0, 0.05) is 51.0 Å². The van der Waals surface area contributed by atoms with Crippen LogP contribution in [0.1, 0.15) is 40.2 Å². The topological polar surface area (TPSA) is 74.2 Å². The zero-order valence-electron chi connectivity index (χ0n) is 19.9. The molecule has 31 heavy (non-hydrogen) atoms. The normalized spacial score (nSPS) is 23.6. The maximum Gasteiger partial charge on any atom is 0.191 e. The molecule has 0 bridgehead atoms. The van der Waals surface area contributed by atoms with Crippen LogP contribution in [0.4, 0.5) is 5.82 Å². The predicted octanol–water partition coefficient (Wildman–Crippen LogP) is 1.86. The minimum absolute atomic E-state index is 0.0373. The fourth-order valence-electron chi connectivity index (χ4n) is 4.15. The second-order valence-electron chi connectivity index (χ2n) is 9.15. The van der Waals surface area contributed by atoms with Crippen molar-refractivity contribution in [3.8, 4) is 0 Å². The van der Waals surface area contributed by atoms with Gasteiger partial charge in [0.05, 0.1) is 32.0 Å². The van der Waals surface area contributed by atoms with E-state index >= 15 is 0 Å². The first kappa shape index (κ1) is 23.8. The third-order valence-corrected chi connectivity index (χ3v) is 5.87. The van der Waals surface area contributed by atoms with Gasteiger partial charge in [0.25, 0.3) is 0 Å². The molecule has 2 unspecified atom stereocenters. The van der Waals surface area contributed by atoms with E-state index in [0.717, 1.165) is 69.8 Å². The van der Waals surface area contributed by atoms with Crippen molar-refractivity contribution in [3.05, 3.63) is 23.9 Å².